The molecule has 1 aromatic carbocycles. The molecule has 21 heavy (non-hydrogen) atoms. The van der Waals surface area contributed by atoms with Gasteiger partial charge < -0.3 is 5.32 Å². The van der Waals surface area contributed by atoms with Crippen LogP contribution in [0.2, 0.25) is 0 Å². The summed E-state index contributed by atoms with van der Waals surface area (Å²) in [4.78, 5) is 8.66. The number of likely N-dealkylation sites (N-methyl/N-ethyl adjacent to an activating group) is 1. The maximum absolute atomic E-state index is 4.45. The summed E-state index contributed by atoms with van der Waals surface area (Å²) in [5.74, 6) is 0. The summed E-state index contributed by atoms with van der Waals surface area (Å²) in [6, 6.07) is 14.8. The maximum Gasteiger partial charge on any atom is 0.0422 e. The first kappa shape index (κ1) is 13.7. The summed E-state index contributed by atoms with van der Waals surface area (Å²) >= 11 is 0. The average Bonchev–Trinajstić information content (AvgIpc) is 2.55. The number of hydrogen-bond donors (Lipinski definition) is 1. The molecule has 0 spiro atoms. The van der Waals surface area contributed by atoms with E-state index in [4.69, 9.17) is 0 Å². The lowest BCUT2D eigenvalue weighted by atomic mass is 9.96. The summed E-state index contributed by atoms with van der Waals surface area (Å²) in [6.07, 6.45) is 6.51. The fourth-order valence-electron chi connectivity index (χ4n) is 2.72. The largest absolute Gasteiger partial charge is 0.310 e. The Morgan fingerprint density at radius 2 is 2.00 bits per heavy atom. The molecular formula is C18H19N3. The Kier molecular flexibility index (Phi) is 4.22. The van der Waals surface area contributed by atoms with Crippen LogP contribution in [0.15, 0.2) is 61.1 Å². The quantitative estimate of drug-likeness (QED) is 0.775. The molecule has 0 fully saturated rings. The minimum absolute atomic E-state index is 0.260. The number of fused-ring (bicyclic) bond motifs is 1. The molecule has 1 atom stereocenters. The lowest BCUT2D eigenvalue weighted by Crippen LogP contribution is -2.23. The van der Waals surface area contributed by atoms with Crippen molar-refractivity contribution in [1.82, 2.24) is 15.3 Å². The van der Waals surface area contributed by atoms with E-state index in [1.54, 1.807) is 0 Å². The van der Waals surface area contributed by atoms with Crippen molar-refractivity contribution in [2.24, 2.45) is 0 Å². The van der Waals surface area contributed by atoms with Crippen LogP contribution in [-0.4, -0.2) is 16.5 Å². The van der Waals surface area contributed by atoms with Crippen LogP contribution in [0.4, 0.5) is 0 Å². The minimum atomic E-state index is 0.260. The third-order valence-corrected chi connectivity index (χ3v) is 3.68. The van der Waals surface area contributed by atoms with Crippen LogP contribution in [-0.2, 0) is 6.42 Å². The predicted octanol–water partition coefficient (Wildman–Crippen LogP) is 3.52. The van der Waals surface area contributed by atoms with Crippen molar-refractivity contribution in [3.8, 4) is 0 Å². The van der Waals surface area contributed by atoms with Gasteiger partial charge in [0.1, 0.15) is 0 Å². The Morgan fingerprint density at radius 1 is 1.05 bits per heavy atom. The number of benzene rings is 1. The van der Waals surface area contributed by atoms with Gasteiger partial charge in [0, 0.05) is 42.1 Å². The van der Waals surface area contributed by atoms with E-state index in [1.165, 1.54) is 16.3 Å². The van der Waals surface area contributed by atoms with Crippen molar-refractivity contribution >= 4 is 10.8 Å². The molecule has 2 aromatic heterocycles. The lowest BCUT2D eigenvalue weighted by molar-refractivity contribution is 0.547. The molecule has 0 aliphatic rings. The number of rotatable bonds is 5. The summed E-state index contributed by atoms with van der Waals surface area (Å²) in [5, 5.41) is 6.02. The average molecular weight is 277 g/mol. The van der Waals surface area contributed by atoms with Crippen LogP contribution in [0, 0.1) is 0 Å². The lowest BCUT2D eigenvalue weighted by Gasteiger charge is -2.20. The van der Waals surface area contributed by atoms with Crippen LogP contribution < -0.4 is 5.32 Å². The van der Waals surface area contributed by atoms with Gasteiger partial charge in [0.25, 0.3) is 0 Å². The molecule has 0 saturated carbocycles. The number of nitrogens with one attached hydrogen (secondary N) is 1. The van der Waals surface area contributed by atoms with E-state index in [1.807, 2.05) is 30.7 Å². The van der Waals surface area contributed by atoms with Crippen LogP contribution in [0.3, 0.4) is 0 Å². The molecule has 0 aliphatic heterocycles. The van der Waals surface area contributed by atoms with Crippen molar-refractivity contribution in [1.29, 1.82) is 0 Å². The highest BCUT2D eigenvalue weighted by atomic mass is 14.9. The molecule has 3 rings (SSSR count). The van der Waals surface area contributed by atoms with E-state index in [0.717, 1.165) is 18.7 Å². The highest BCUT2D eigenvalue weighted by molar-refractivity contribution is 5.85. The number of nitrogens with zero attached hydrogens (tertiary/aromatic N) is 2. The highest BCUT2D eigenvalue weighted by Crippen LogP contribution is 2.25. The second-order valence-corrected chi connectivity index (χ2v) is 5.08. The smallest absolute Gasteiger partial charge is 0.0422 e. The Morgan fingerprint density at radius 3 is 2.81 bits per heavy atom. The summed E-state index contributed by atoms with van der Waals surface area (Å²) in [5.41, 5.74) is 2.41. The molecule has 1 N–H and O–H groups in total. The zero-order valence-electron chi connectivity index (χ0n) is 12.2. The second kappa shape index (κ2) is 6.46. The first-order valence-electron chi connectivity index (χ1n) is 7.34. The van der Waals surface area contributed by atoms with Crippen LogP contribution in [0.1, 0.15) is 24.2 Å². The Balaban J connectivity index is 1.99. The minimum Gasteiger partial charge on any atom is -0.310 e. The van der Waals surface area contributed by atoms with E-state index >= 15 is 0 Å². The zero-order valence-corrected chi connectivity index (χ0v) is 12.2. The van der Waals surface area contributed by atoms with Gasteiger partial charge in [-0.2, -0.15) is 0 Å². The maximum atomic E-state index is 4.45. The van der Waals surface area contributed by atoms with E-state index in [2.05, 4.69) is 52.5 Å². The predicted molar refractivity (Wildman–Crippen MR) is 86.1 cm³/mol. The Hall–Kier alpha value is -2.26. The second-order valence-electron chi connectivity index (χ2n) is 5.08. The van der Waals surface area contributed by atoms with Crippen molar-refractivity contribution in [3.05, 3.63) is 72.3 Å². The van der Waals surface area contributed by atoms with Crippen molar-refractivity contribution in [3.63, 3.8) is 0 Å². The molecule has 1 unspecified atom stereocenters. The van der Waals surface area contributed by atoms with Gasteiger partial charge in [-0.15, -0.1) is 0 Å². The summed E-state index contributed by atoms with van der Waals surface area (Å²) < 4.78 is 0. The fourth-order valence-corrected chi connectivity index (χ4v) is 2.72. The van der Waals surface area contributed by atoms with Gasteiger partial charge in [0.05, 0.1) is 0 Å². The van der Waals surface area contributed by atoms with Crippen molar-refractivity contribution in [2.45, 2.75) is 19.4 Å². The monoisotopic (exact) mass is 277 g/mol. The standard InChI is InChI=1S/C18H19N3/c1-2-20-18(12-15-7-3-4-10-21-15)17-8-5-6-14-13-19-11-9-16(14)17/h3-11,13,18,20H,2,12H2,1H3. The van der Waals surface area contributed by atoms with E-state index in [9.17, 15) is 0 Å². The van der Waals surface area contributed by atoms with Crippen molar-refractivity contribution in [2.75, 3.05) is 6.54 Å². The Labute approximate surface area is 125 Å². The molecule has 0 saturated heterocycles. The molecule has 3 aromatic rings. The Bertz CT molecular complexity index is 704. The van der Waals surface area contributed by atoms with Gasteiger partial charge in [0.2, 0.25) is 0 Å². The van der Waals surface area contributed by atoms with Gasteiger partial charge >= 0.3 is 0 Å². The van der Waals surface area contributed by atoms with Crippen LogP contribution >= 0.6 is 0 Å². The van der Waals surface area contributed by atoms with E-state index in [-0.39, 0.29) is 6.04 Å². The van der Waals surface area contributed by atoms with Crippen molar-refractivity contribution < 1.29 is 0 Å². The van der Waals surface area contributed by atoms with Gasteiger partial charge in [0.15, 0.2) is 0 Å². The SMILES string of the molecule is CCNC(Cc1ccccn1)c1cccc2cnccc12. The normalized spacial score (nSPS) is 12.4. The van der Waals surface area contributed by atoms with Gasteiger partial charge in [-0.1, -0.05) is 31.2 Å². The molecular weight excluding hydrogens is 258 g/mol. The molecule has 0 aliphatic carbocycles. The molecule has 0 radical (unpaired) electrons. The topological polar surface area (TPSA) is 37.8 Å². The zero-order chi connectivity index (χ0) is 14.5. The van der Waals surface area contributed by atoms with Crippen LogP contribution in [0.25, 0.3) is 10.8 Å². The molecule has 0 amide bonds. The molecule has 0 bridgehead atoms. The third-order valence-electron chi connectivity index (χ3n) is 3.68. The van der Waals surface area contributed by atoms with E-state index < -0.39 is 0 Å². The molecule has 106 valence electrons. The number of aromatic nitrogens is 2. The van der Waals surface area contributed by atoms with Crippen LogP contribution in [0.5, 0.6) is 0 Å². The van der Waals surface area contributed by atoms with Gasteiger partial charge in [-0.05, 0) is 35.7 Å². The first-order chi connectivity index (χ1) is 10.4. The first-order valence-corrected chi connectivity index (χ1v) is 7.34. The molecule has 3 nitrogen and oxygen atoms in total. The molecule has 2 heterocycles. The number of hydrogen-bond acceptors (Lipinski definition) is 3. The fraction of sp³-hybridized carbons (Fsp3) is 0.222. The highest BCUT2D eigenvalue weighted by Gasteiger charge is 2.14. The summed E-state index contributed by atoms with van der Waals surface area (Å²) in [7, 11) is 0. The van der Waals surface area contributed by atoms with Gasteiger partial charge in [-0.25, -0.2) is 0 Å². The van der Waals surface area contributed by atoms with Gasteiger partial charge in [-0.3, -0.25) is 9.97 Å². The summed E-state index contributed by atoms with van der Waals surface area (Å²) in [6.45, 7) is 3.07. The van der Waals surface area contributed by atoms with E-state index in [0.29, 0.717) is 0 Å². The third kappa shape index (κ3) is 3.09. The molecule has 3 heteroatoms. The number of pyridine rings is 2.